The fraction of sp³-hybridized carbons (Fsp3) is 0.929. The topological polar surface area (TPSA) is 58.6 Å². The van der Waals surface area contributed by atoms with Crippen LogP contribution in [0.25, 0.3) is 0 Å². The first-order chi connectivity index (χ1) is 8.02. The van der Waals surface area contributed by atoms with Gasteiger partial charge in [-0.3, -0.25) is 0 Å². The lowest BCUT2D eigenvalue weighted by Crippen LogP contribution is -2.33. The van der Waals surface area contributed by atoms with Crippen molar-refractivity contribution in [2.45, 2.75) is 72.5 Å². The van der Waals surface area contributed by atoms with E-state index in [1.54, 1.807) is 0 Å². The summed E-state index contributed by atoms with van der Waals surface area (Å²) in [7, 11) is 0. The Morgan fingerprint density at radius 3 is 2.17 bits per heavy atom. The molecule has 0 fully saturated rings. The molecule has 0 aromatic heterocycles. The second-order valence-electron chi connectivity index (χ2n) is 6.81. The number of carbonyl (C=O) groups excluding carboxylic acids is 1. The van der Waals surface area contributed by atoms with Gasteiger partial charge in [-0.1, -0.05) is 20.8 Å². The Labute approximate surface area is 111 Å². The van der Waals surface area contributed by atoms with Crippen LogP contribution in [-0.4, -0.2) is 29.4 Å². The van der Waals surface area contributed by atoms with Crippen molar-refractivity contribution in [2.24, 2.45) is 5.41 Å². The van der Waals surface area contributed by atoms with E-state index in [4.69, 9.17) is 4.74 Å². The normalized spacial score (nSPS) is 14.2. The highest BCUT2D eigenvalue weighted by molar-refractivity contribution is 5.67. The van der Waals surface area contributed by atoms with Crippen LogP contribution in [0.2, 0.25) is 0 Å². The molecule has 1 amide bonds. The van der Waals surface area contributed by atoms with Crippen molar-refractivity contribution in [1.82, 2.24) is 5.32 Å². The standard InChI is InChI=1S/C14H29NO3/c1-13(2,3)11(16)9-7-8-10-15-12(17)18-14(4,5)6/h11,16H,7-10H2,1-6H3,(H,15,17)/t11-/m0/s1. The molecule has 0 rings (SSSR count). The van der Waals surface area contributed by atoms with E-state index in [9.17, 15) is 9.90 Å². The molecule has 108 valence electrons. The number of ether oxygens (including phenoxy) is 1. The summed E-state index contributed by atoms with van der Waals surface area (Å²) < 4.78 is 5.12. The Balaban J connectivity index is 3.61. The molecule has 0 aliphatic heterocycles. The Morgan fingerprint density at radius 2 is 1.72 bits per heavy atom. The third-order valence-corrected chi connectivity index (χ3v) is 2.57. The fourth-order valence-corrected chi connectivity index (χ4v) is 1.40. The molecule has 4 nitrogen and oxygen atoms in total. The summed E-state index contributed by atoms with van der Waals surface area (Å²) in [6.45, 7) is 12.2. The van der Waals surface area contributed by atoms with Crippen molar-refractivity contribution in [3.8, 4) is 0 Å². The Kier molecular flexibility index (Phi) is 6.68. The molecule has 1 atom stereocenters. The molecule has 2 N–H and O–H groups in total. The minimum atomic E-state index is -0.452. The summed E-state index contributed by atoms with van der Waals surface area (Å²) in [5.41, 5.74) is -0.523. The third kappa shape index (κ3) is 9.28. The van der Waals surface area contributed by atoms with E-state index >= 15 is 0 Å². The van der Waals surface area contributed by atoms with Crippen LogP contribution >= 0.6 is 0 Å². The van der Waals surface area contributed by atoms with E-state index in [2.05, 4.69) is 5.32 Å². The van der Waals surface area contributed by atoms with E-state index in [0.717, 1.165) is 19.3 Å². The van der Waals surface area contributed by atoms with Crippen LogP contribution in [0.3, 0.4) is 0 Å². The third-order valence-electron chi connectivity index (χ3n) is 2.57. The van der Waals surface area contributed by atoms with Crippen molar-refractivity contribution >= 4 is 6.09 Å². The van der Waals surface area contributed by atoms with Crippen LogP contribution in [0.5, 0.6) is 0 Å². The highest BCUT2D eigenvalue weighted by atomic mass is 16.6. The lowest BCUT2D eigenvalue weighted by atomic mass is 9.86. The number of aliphatic hydroxyl groups is 1. The first-order valence-electron chi connectivity index (χ1n) is 6.67. The predicted molar refractivity (Wildman–Crippen MR) is 73.5 cm³/mol. The van der Waals surface area contributed by atoms with Gasteiger partial charge >= 0.3 is 6.09 Å². The number of rotatable bonds is 5. The Bertz CT molecular complexity index is 251. The first-order valence-corrected chi connectivity index (χ1v) is 6.67. The highest BCUT2D eigenvalue weighted by Crippen LogP contribution is 2.22. The zero-order valence-electron chi connectivity index (χ0n) is 12.7. The number of unbranched alkanes of at least 4 members (excludes halogenated alkanes) is 1. The van der Waals surface area contributed by atoms with Gasteiger partial charge in [0, 0.05) is 6.54 Å². The van der Waals surface area contributed by atoms with Gasteiger partial charge in [-0.25, -0.2) is 4.79 Å². The molecule has 18 heavy (non-hydrogen) atoms. The molecule has 0 heterocycles. The van der Waals surface area contributed by atoms with Crippen LogP contribution in [0.15, 0.2) is 0 Å². The van der Waals surface area contributed by atoms with Gasteiger partial charge in [0.15, 0.2) is 0 Å². The molecule has 0 aromatic carbocycles. The molecule has 0 unspecified atom stereocenters. The smallest absolute Gasteiger partial charge is 0.407 e. The van der Waals surface area contributed by atoms with Crippen molar-refractivity contribution in [2.75, 3.05) is 6.54 Å². The zero-order chi connectivity index (χ0) is 14.4. The number of amides is 1. The molecular formula is C14H29NO3. The Morgan fingerprint density at radius 1 is 1.17 bits per heavy atom. The maximum atomic E-state index is 11.3. The van der Waals surface area contributed by atoms with Crippen LogP contribution in [0, 0.1) is 5.41 Å². The van der Waals surface area contributed by atoms with Gasteiger partial charge in [-0.05, 0) is 45.4 Å². The second-order valence-corrected chi connectivity index (χ2v) is 6.81. The second kappa shape index (κ2) is 6.98. The summed E-state index contributed by atoms with van der Waals surface area (Å²) in [5, 5.41) is 12.5. The number of hydrogen-bond acceptors (Lipinski definition) is 3. The maximum absolute atomic E-state index is 11.3. The molecule has 0 aromatic rings. The van der Waals surface area contributed by atoms with E-state index < -0.39 is 5.60 Å². The van der Waals surface area contributed by atoms with Crippen LogP contribution < -0.4 is 5.32 Å². The number of alkyl carbamates (subject to hydrolysis) is 1. The molecule has 0 bridgehead atoms. The summed E-state index contributed by atoms with van der Waals surface area (Å²) >= 11 is 0. The monoisotopic (exact) mass is 259 g/mol. The van der Waals surface area contributed by atoms with E-state index in [1.165, 1.54) is 0 Å². The number of nitrogens with one attached hydrogen (secondary N) is 1. The van der Waals surface area contributed by atoms with Crippen molar-refractivity contribution in [3.05, 3.63) is 0 Å². The van der Waals surface area contributed by atoms with Crippen LogP contribution in [0.4, 0.5) is 4.79 Å². The molecule has 0 saturated heterocycles. The van der Waals surface area contributed by atoms with Gasteiger partial charge in [-0.15, -0.1) is 0 Å². The molecule has 0 spiro atoms. The van der Waals surface area contributed by atoms with Crippen molar-refractivity contribution in [3.63, 3.8) is 0 Å². The molecule has 0 aliphatic rings. The Hall–Kier alpha value is -0.770. The summed E-state index contributed by atoms with van der Waals surface area (Å²) in [5.74, 6) is 0. The van der Waals surface area contributed by atoms with E-state index in [0.29, 0.717) is 6.54 Å². The van der Waals surface area contributed by atoms with Gasteiger partial charge in [0.25, 0.3) is 0 Å². The van der Waals surface area contributed by atoms with Gasteiger partial charge in [0.2, 0.25) is 0 Å². The zero-order valence-corrected chi connectivity index (χ0v) is 12.7. The van der Waals surface area contributed by atoms with Gasteiger partial charge in [0.05, 0.1) is 6.10 Å². The van der Waals surface area contributed by atoms with Gasteiger partial charge in [0.1, 0.15) is 5.60 Å². The number of aliphatic hydroxyl groups excluding tert-OH is 1. The maximum Gasteiger partial charge on any atom is 0.407 e. The first kappa shape index (κ1) is 17.2. The summed E-state index contributed by atoms with van der Waals surface area (Å²) in [6, 6.07) is 0. The molecular weight excluding hydrogens is 230 g/mol. The van der Waals surface area contributed by atoms with E-state index in [-0.39, 0.29) is 17.6 Å². The number of hydrogen-bond donors (Lipinski definition) is 2. The van der Waals surface area contributed by atoms with E-state index in [1.807, 2.05) is 41.5 Å². The predicted octanol–water partition coefficient (Wildman–Crippen LogP) is 3.09. The molecule has 0 radical (unpaired) electrons. The molecule has 0 saturated carbocycles. The largest absolute Gasteiger partial charge is 0.444 e. The summed E-state index contributed by atoms with van der Waals surface area (Å²) in [6.07, 6.45) is 1.85. The molecule has 0 aliphatic carbocycles. The van der Waals surface area contributed by atoms with Gasteiger partial charge in [-0.2, -0.15) is 0 Å². The SMILES string of the molecule is CC(C)(C)OC(=O)NCCCC[C@H](O)C(C)(C)C. The highest BCUT2D eigenvalue weighted by Gasteiger charge is 2.21. The number of carbonyl (C=O) groups is 1. The minimum Gasteiger partial charge on any atom is -0.444 e. The molecule has 4 heteroatoms. The minimum absolute atomic E-state index is 0.0708. The van der Waals surface area contributed by atoms with Crippen LogP contribution in [0.1, 0.15) is 60.8 Å². The van der Waals surface area contributed by atoms with Crippen molar-refractivity contribution in [1.29, 1.82) is 0 Å². The lowest BCUT2D eigenvalue weighted by molar-refractivity contribution is 0.0503. The summed E-state index contributed by atoms with van der Waals surface area (Å²) in [4.78, 5) is 11.3. The van der Waals surface area contributed by atoms with Crippen molar-refractivity contribution < 1.29 is 14.6 Å². The lowest BCUT2D eigenvalue weighted by Gasteiger charge is -2.25. The fourth-order valence-electron chi connectivity index (χ4n) is 1.40. The average Bonchev–Trinajstić information content (AvgIpc) is 2.12. The average molecular weight is 259 g/mol. The van der Waals surface area contributed by atoms with Crippen LogP contribution in [-0.2, 0) is 4.74 Å². The quantitative estimate of drug-likeness (QED) is 0.746. The van der Waals surface area contributed by atoms with Gasteiger partial charge < -0.3 is 15.2 Å².